The molecule has 2 unspecified atom stereocenters. The highest BCUT2D eigenvalue weighted by Gasteiger charge is 2.25. The molecule has 0 spiro atoms. The summed E-state index contributed by atoms with van der Waals surface area (Å²) in [5.41, 5.74) is 0. The maximum Gasteiger partial charge on any atom is 0.307 e. The van der Waals surface area contributed by atoms with Crippen molar-refractivity contribution in [3.8, 4) is 0 Å². The molecule has 2 N–H and O–H groups in total. The van der Waals surface area contributed by atoms with Gasteiger partial charge in [-0.2, -0.15) is 0 Å². The Morgan fingerprint density at radius 2 is 1.83 bits per heavy atom. The molecule has 4 heteroatoms. The normalized spacial score (nSPS) is 14.6. The van der Waals surface area contributed by atoms with Gasteiger partial charge in [0.2, 0.25) is 0 Å². The van der Waals surface area contributed by atoms with E-state index in [0.29, 0.717) is 0 Å². The first kappa shape index (κ1) is 16.7. The molecular weight excluding hydrogens is 232 g/mol. The average Bonchev–Trinajstić information content (AvgIpc) is 2.29. The summed E-state index contributed by atoms with van der Waals surface area (Å²) < 4.78 is 0. The second kappa shape index (κ2) is 9.68. The fourth-order valence-electron chi connectivity index (χ4n) is 1.82. The molecular formula is C14H24O4. The van der Waals surface area contributed by atoms with Crippen molar-refractivity contribution in [1.29, 1.82) is 0 Å². The monoisotopic (exact) mass is 256 g/mol. The number of aliphatic carboxylic acids is 2. The predicted octanol–water partition coefficient (Wildman–Crippen LogP) is 3.32. The Bertz CT molecular complexity index is 284. The summed E-state index contributed by atoms with van der Waals surface area (Å²) in [6, 6.07) is 0. The molecule has 2 atom stereocenters. The largest absolute Gasteiger partial charge is 0.481 e. The molecule has 104 valence electrons. The van der Waals surface area contributed by atoms with Gasteiger partial charge in [-0.1, -0.05) is 45.3 Å². The van der Waals surface area contributed by atoms with Crippen molar-refractivity contribution in [3.63, 3.8) is 0 Å². The Balaban J connectivity index is 4.08. The van der Waals surface area contributed by atoms with Gasteiger partial charge in [-0.15, -0.1) is 0 Å². The third-order valence-electron chi connectivity index (χ3n) is 3.01. The van der Waals surface area contributed by atoms with Gasteiger partial charge in [-0.25, -0.2) is 0 Å². The maximum atomic E-state index is 11.0. The molecule has 0 aromatic carbocycles. The molecule has 0 fully saturated rings. The first-order chi connectivity index (χ1) is 8.49. The molecule has 0 bridgehead atoms. The van der Waals surface area contributed by atoms with Crippen molar-refractivity contribution in [3.05, 3.63) is 12.2 Å². The van der Waals surface area contributed by atoms with Crippen LogP contribution in [0.15, 0.2) is 12.2 Å². The Kier molecular flexibility index (Phi) is 8.97. The number of unbranched alkanes of at least 4 members (excludes halogenated alkanes) is 4. The van der Waals surface area contributed by atoms with E-state index < -0.39 is 17.9 Å². The van der Waals surface area contributed by atoms with Gasteiger partial charge >= 0.3 is 11.9 Å². The van der Waals surface area contributed by atoms with Crippen LogP contribution in [-0.4, -0.2) is 22.2 Å². The molecule has 18 heavy (non-hydrogen) atoms. The Labute approximate surface area is 109 Å². The first-order valence-electron chi connectivity index (χ1n) is 6.60. The molecule has 0 saturated carbocycles. The number of carboxylic acid groups (broad SMARTS) is 2. The Morgan fingerprint density at radius 3 is 2.33 bits per heavy atom. The number of hydrogen-bond acceptors (Lipinski definition) is 2. The van der Waals surface area contributed by atoms with Crippen LogP contribution < -0.4 is 0 Å². The number of allylic oxidation sites excluding steroid dienone is 2. The minimum absolute atomic E-state index is 0.246. The van der Waals surface area contributed by atoms with Crippen molar-refractivity contribution in [2.45, 2.75) is 52.4 Å². The van der Waals surface area contributed by atoms with Crippen LogP contribution in [0.25, 0.3) is 0 Å². The molecule has 0 aromatic rings. The van der Waals surface area contributed by atoms with E-state index in [1.807, 2.05) is 12.2 Å². The predicted molar refractivity (Wildman–Crippen MR) is 70.4 cm³/mol. The van der Waals surface area contributed by atoms with Crippen LogP contribution in [0, 0.1) is 11.8 Å². The smallest absolute Gasteiger partial charge is 0.307 e. The summed E-state index contributed by atoms with van der Waals surface area (Å²) in [6.45, 7) is 3.91. The topological polar surface area (TPSA) is 74.6 Å². The van der Waals surface area contributed by atoms with E-state index in [1.165, 1.54) is 19.3 Å². The van der Waals surface area contributed by atoms with Crippen molar-refractivity contribution in [1.82, 2.24) is 0 Å². The number of carboxylic acids is 2. The van der Waals surface area contributed by atoms with Crippen LogP contribution in [0.5, 0.6) is 0 Å². The second-order valence-electron chi connectivity index (χ2n) is 4.68. The molecule has 0 rings (SSSR count). The van der Waals surface area contributed by atoms with E-state index in [0.717, 1.165) is 12.8 Å². The van der Waals surface area contributed by atoms with Crippen molar-refractivity contribution in [2.75, 3.05) is 0 Å². The highest BCUT2D eigenvalue weighted by atomic mass is 16.4. The van der Waals surface area contributed by atoms with E-state index in [2.05, 4.69) is 6.92 Å². The van der Waals surface area contributed by atoms with Gasteiger partial charge in [0.25, 0.3) is 0 Å². The highest BCUT2D eigenvalue weighted by molar-refractivity contribution is 5.78. The van der Waals surface area contributed by atoms with Gasteiger partial charge in [-0.05, 0) is 18.8 Å². The lowest BCUT2D eigenvalue weighted by Gasteiger charge is -2.14. The van der Waals surface area contributed by atoms with Crippen molar-refractivity contribution in [2.24, 2.45) is 11.8 Å². The van der Waals surface area contributed by atoms with Crippen LogP contribution in [-0.2, 0) is 9.59 Å². The first-order valence-corrected chi connectivity index (χ1v) is 6.60. The second-order valence-corrected chi connectivity index (χ2v) is 4.68. The summed E-state index contributed by atoms with van der Waals surface area (Å²) in [6.07, 6.45) is 9.12. The van der Waals surface area contributed by atoms with E-state index in [9.17, 15) is 9.59 Å². The van der Waals surface area contributed by atoms with Crippen molar-refractivity contribution < 1.29 is 19.8 Å². The third kappa shape index (κ3) is 7.87. The number of carbonyl (C=O) groups is 2. The lowest BCUT2D eigenvalue weighted by Crippen LogP contribution is -2.23. The number of rotatable bonds is 10. The summed E-state index contributed by atoms with van der Waals surface area (Å²) in [7, 11) is 0. The third-order valence-corrected chi connectivity index (χ3v) is 3.01. The summed E-state index contributed by atoms with van der Waals surface area (Å²) in [4.78, 5) is 21.5. The van der Waals surface area contributed by atoms with Gasteiger partial charge < -0.3 is 10.2 Å². The van der Waals surface area contributed by atoms with Gasteiger partial charge in [-0.3, -0.25) is 9.59 Å². The quantitative estimate of drug-likeness (QED) is 0.464. The zero-order valence-corrected chi connectivity index (χ0v) is 11.3. The van der Waals surface area contributed by atoms with Gasteiger partial charge in [0.15, 0.2) is 0 Å². The summed E-state index contributed by atoms with van der Waals surface area (Å²) in [5.74, 6) is -3.19. The Morgan fingerprint density at radius 1 is 1.17 bits per heavy atom. The number of hydrogen-bond donors (Lipinski definition) is 2. The van der Waals surface area contributed by atoms with E-state index in [1.54, 1.807) is 6.92 Å². The summed E-state index contributed by atoms with van der Waals surface area (Å²) >= 11 is 0. The average molecular weight is 256 g/mol. The molecule has 0 aliphatic rings. The van der Waals surface area contributed by atoms with Crippen LogP contribution >= 0.6 is 0 Å². The molecule has 0 aliphatic heterocycles. The fraction of sp³-hybridized carbons (Fsp3) is 0.714. The van der Waals surface area contributed by atoms with E-state index in [-0.39, 0.29) is 12.3 Å². The van der Waals surface area contributed by atoms with Crippen molar-refractivity contribution >= 4 is 11.9 Å². The molecule has 0 saturated heterocycles. The summed E-state index contributed by atoms with van der Waals surface area (Å²) in [5, 5.41) is 17.6. The minimum atomic E-state index is -1.06. The van der Waals surface area contributed by atoms with Gasteiger partial charge in [0, 0.05) is 0 Å². The molecule has 0 aliphatic carbocycles. The van der Waals surface area contributed by atoms with Crippen LogP contribution in [0.3, 0.4) is 0 Å². The zero-order chi connectivity index (χ0) is 14.0. The Hall–Kier alpha value is -1.32. The lowest BCUT2D eigenvalue weighted by atomic mass is 9.90. The SMILES string of the molecule is CCCCCC/C=C/C(C)C(CC(=O)O)C(=O)O. The van der Waals surface area contributed by atoms with Gasteiger partial charge in [0.1, 0.15) is 0 Å². The highest BCUT2D eigenvalue weighted by Crippen LogP contribution is 2.18. The molecule has 0 heterocycles. The minimum Gasteiger partial charge on any atom is -0.481 e. The molecule has 4 nitrogen and oxygen atoms in total. The molecule has 0 amide bonds. The van der Waals surface area contributed by atoms with E-state index >= 15 is 0 Å². The van der Waals surface area contributed by atoms with Crippen LogP contribution in [0.2, 0.25) is 0 Å². The van der Waals surface area contributed by atoms with E-state index in [4.69, 9.17) is 10.2 Å². The zero-order valence-electron chi connectivity index (χ0n) is 11.3. The van der Waals surface area contributed by atoms with Crippen LogP contribution in [0.1, 0.15) is 52.4 Å². The standard InChI is InChI=1S/C14H24O4/c1-3-4-5-6-7-8-9-11(2)12(14(17)18)10-13(15)16/h8-9,11-12H,3-7,10H2,1-2H3,(H,15,16)(H,17,18)/b9-8+. The lowest BCUT2D eigenvalue weighted by molar-refractivity contribution is -0.149. The maximum absolute atomic E-state index is 11.0. The van der Waals surface area contributed by atoms with Crippen LogP contribution in [0.4, 0.5) is 0 Å². The molecule has 0 radical (unpaired) electrons. The molecule has 0 aromatic heterocycles. The van der Waals surface area contributed by atoms with Gasteiger partial charge in [0.05, 0.1) is 12.3 Å². The fourth-order valence-corrected chi connectivity index (χ4v) is 1.82.